The van der Waals surface area contributed by atoms with Gasteiger partial charge in [-0.25, -0.2) is 0 Å². The van der Waals surface area contributed by atoms with E-state index in [1.54, 1.807) is 12.0 Å². The minimum atomic E-state index is 0.126. The van der Waals surface area contributed by atoms with Crippen molar-refractivity contribution in [3.05, 3.63) is 0 Å². The third kappa shape index (κ3) is 7.24. The Balaban J connectivity index is 4.04. The molecule has 0 aliphatic rings. The molecular formula is C12H22N2O2. The van der Waals surface area contributed by atoms with Crippen LogP contribution in [0.5, 0.6) is 0 Å². The first kappa shape index (κ1) is 14.9. The molecular weight excluding hydrogens is 204 g/mol. The lowest BCUT2D eigenvalue weighted by Crippen LogP contribution is -2.34. The number of methoxy groups -OCH3 is 1. The summed E-state index contributed by atoms with van der Waals surface area (Å²) >= 11 is 0. The molecule has 4 heteroatoms. The van der Waals surface area contributed by atoms with Crippen LogP contribution >= 0.6 is 0 Å². The fourth-order valence-corrected chi connectivity index (χ4v) is 1.32. The molecule has 0 heterocycles. The van der Waals surface area contributed by atoms with Crippen molar-refractivity contribution in [3.63, 3.8) is 0 Å². The first-order chi connectivity index (χ1) is 7.61. The number of hydrogen-bond acceptors (Lipinski definition) is 3. The molecule has 0 N–H and O–H groups in total. The predicted octanol–water partition coefficient (Wildman–Crippen LogP) is 1.81. The molecule has 0 rings (SSSR count). The van der Waals surface area contributed by atoms with Crippen LogP contribution in [0.1, 0.15) is 33.1 Å². The van der Waals surface area contributed by atoms with E-state index in [1.165, 1.54) is 0 Å². The summed E-state index contributed by atoms with van der Waals surface area (Å²) in [5.74, 6) is 0.658. The van der Waals surface area contributed by atoms with Gasteiger partial charge in [-0.3, -0.25) is 4.79 Å². The normalized spacial score (nSPS) is 10.2. The Bertz CT molecular complexity index is 234. The fourth-order valence-electron chi connectivity index (χ4n) is 1.32. The average molecular weight is 226 g/mol. The molecule has 0 fully saturated rings. The zero-order chi connectivity index (χ0) is 12.4. The quantitative estimate of drug-likeness (QED) is 0.634. The number of rotatable bonds is 8. The van der Waals surface area contributed by atoms with E-state index in [4.69, 9.17) is 10.00 Å². The highest BCUT2D eigenvalue weighted by Gasteiger charge is 2.12. The first-order valence-electron chi connectivity index (χ1n) is 5.75. The topological polar surface area (TPSA) is 53.3 Å². The number of amides is 1. The van der Waals surface area contributed by atoms with E-state index in [0.29, 0.717) is 38.5 Å². The zero-order valence-corrected chi connectivity index (χ0v) is 10.5. The van der Waals surface area contributed by atoms with Gasteiger partial charge in [0.15, 0.2) is 0 Å². The summed E-state index contributed by atoms with van der Waals surface area (Å²) in [6, 6.07) is 2.06. The maximum Gasteiger partial charge on any atom is 0.222 e. The van der Waals surface area contributed by atoms with E-state index in [0.717, 1.165) is 6.42 Å². The summed E-state index contributed by atoms with van der Waals surface area (Å²) in [6.45, 7) is 5.81. The monoisotopic (exact) mass is 226 g/mol. The molecule has 16 heavy (non-hydrogen) atoms. The molecule has 0 aromatic heterocycles. The third-order valence-electron chi connectivity index (χ3n) is 2.35. The second kappa shape index (κ2) is 9.17. The highest BCUT2D eigenvalue weighted by atomic mass is 16.5. The third-order valence-corrected chi connectivity index (χ3v) is 2.35. The van der Waals surface area contributed by atoms with Crippen LogP contribution in [0.3, 0.4) is 0 Å². The Morgan fingerprint density at radius 3 is 2.62 bits per heavy atom. The van der Waals surface area contributed by atoms with Crippen molar-refractivity contribution in [1.82, 2.24) is 4.90 Å². The van der Waals surface area contributed by atoms with Crippen molar-refractivity contribution in [2.75, 3.05) is 26.8 Å². The van der Waals surface area contributed by atoms with Crippen LogP contribution in [0.25, 0.3) is 0 Å². The van der Waals surface area contributed by atoms with Crippen LogP contribution in [-0.4, -0.2) is 37.6 Å². The van der Waals surface area contributed by atoms with E-state index in [1.807, 2.05) is 0 Å². The largest absolute Gasteiger partial charge is 0.383 e. The molecule has 0 aromatic carbocycles. The van der Waals surface area contributed by atoms with Gasteiger partial charge in [0.2, 0.25) is 5.91 Å². The van der Waals surface area contributed by atoms with Gasteiger partial charge < -0.3 is 9.64 Å². The van der Waals surface area contributed by atoms with E-state index in [9.17, 15) is 4.79 Å². The van der Waals surface area contributed by atoms with E-state index in [2.05, 4.69) is 19.9 Å². The first-order valence-corrected chi connectivity index (χ1v) is 5.75. The van der Waals surface area contributed by atoms with Crippen molar-refractivity contribution in [2.24, 2.45) is 5.92 Å². The molecule has 92 valence electrons. The lowest BCUT2D eigenvalue weighted by Gasteiger charge is -2.21. The van der Waals surface area contributed by atoms with Crippen molar-refractivity contribution < 1.29 is 9.53 Å². The number of carbonyl (C=O) groups is 1. The predicted molar refractivity (Wildman–Crippen MR) is 62.8 cm³/mol. The second-order valence-electron chi connectivity index (χ2n) is 4.21. The van der Waals surface area contributed by atoms with Gasteiger partial charge in [0.1, 0.15) is 0 Å². The van der Waals surface area contributed by atoms with Gasteiger partial charge in [0, 0.05) is 26.6 Å². The van der Waals surface area contributed by atoms with E-state index < -0.39 is 0 Å². The van der Waals surface area contributed by atoms with Crippen molar-refractivity contribution in [3.8, 4) is 6.07 Å². The second-order valence-corrected chi connectivity index (χ2v) is 4.21. The van der Waals surface area contributed by atoms with Crippen molar-refractivity contribution in [1.29, 1.82) is 5.26 Å². The Hall–Kier alpha value is -1.08. The van der Waals surface area contributed by atoms with Gasteiger partial charge >= 0.3 is 0 Å². The van der Waals surface area contributed by atoms with E-state index >= 15 is 0 Å². The molecule has 0 aliphatic heterocycles. The minimum Gasteiger partial charge on any atom is -0.383 e. The lowest BCUT2D eigenvalue weighted by molar-refractivity contribution is -0.132. The molecule has 0 aliphatic carbocycles. The van der Waals surface area contributed by atoms with Crippen LogP contribution < -0.4 is 0 Å². The maximum atomic E-state index is 11.8. The van der Waals surface area contributed by atoms with Gasteiger partial charge in [-0.1, -0.05) is 13.8 Å². The molecule has 0 aromatic rings. The van der Waals surface area contributed by atoms with Gasteiger partial charge in [-0.2, -0.15) is 5.26 Å². The molecule has 0 saturated carbocycles. The standard InChI is InChI=1S/C12H22N2O2/c1-11(2)5-6-12(15)14(8-4-7-13)9-10-16-3/h11H,4-6,8-10H2,1-3H3. The summed E-state index contributed by atoms with van der Waals surface area (Å²) in [5, 5.41) is 8.52. The number of hydrogen-bond donors (Lipinski definition) is 0. The molecule has 0 radical (unpaired) electrons. The number of carbonyl (C=O) groups excluding carboxylic acids is 1. The molecule has 0 spiro atoms. The lowest BCUT2D eigenvalue weighted by atomic mass is 10.1. The highest BCUT2D eigenvalue weighted by molar-refractivity contribution is 5.76. The van der Waals surface area contributed by atoms with Gasteiger partial charge in [0.05, 0.1) is 19.1 Å². The van der Waals surface area contributed by atoms with Crippen LogP contribution in [0.2, 0.25) is 0 Å². The van der Waals surface area contributed by atoms with Gasteiger partial charge in [-0.15, -0.1) is 0 Å². The molecule has 1 amide bonds. The molecule has 0 saturated heterocycles. The maximum absolute atomic E-state index is 11.8. The Morgan fingerprint density at radius 1 is 1.44 bits per heavy atom. The van der Waals surface area contributed by atoms with Gasteiger partial charge in [-0.05, 0) is 12.3 Å². The minimum absolute atomic E-state index is 0.126. The number of nitrogens with zero attached hydrogens (tertiary/aromatic N) is 2. The zero-order valence-electron chi connectivity index (χ0n) is 10.5. The molecule has 0 atom stereocenters. The Kier molecular flexibility index (Phi) is 8.55. The van der Waals surface area contributed by atoms with Crippen LogP contribution in [0, 0.1) is 17.2 Å². The van der Waals surface area contributed by atoms with Crippen LogP contribution in [0.15, 0.2) is 0 Å². The smallest absolute Gasteiger partial charge is 0.222 e. The summed E-state index contributed by atoms with van der Waals surface area (Å²) in [5.41, 5.74) is 0. The molecule has 4 nitrogen and oxygen atoms in total. The fraction of sp³-hybridized carbons (Fsp3) is 0.833. The molecule has 0 bridgehead atoms. The van der Waals surface area contributed by atoms with Crippen molar-refractivity contribution in [2.45, 2.75) is 33.1 Å². The van der Waals surface area contributed by atoms with Crippen molar-refractivity contribution >= 4 is 5.91 Å². The molecule has 0 unspecified atom stereocenters. The summed E-state index contributed by atoms with van der Waals surface area (Å²) < 4.78 is 4.95. The highest BCUT2D eigenvalue weighted by Crippen LogP contribution is 2.06. The summed E-state index contributed by atoms with van der Waals surface area (Å²) in [4.78, 5) is 13.5. The number of ether oxygens (including phenoxy) is 1. The SMILES string of the molecule is COCCN(CCC#N)C(=O)CCC(C)C. The van der Waals surface area contributed by atoms with Crippen LogP contribution in [0.4, 0.5) is 0 Å². The average Bonchev–Trinajstić information content (AvgIpc) is 2.26. The Morgan fingerprint density at radius 2 is 2.12 bits per heavy atom. The number of nitriles is 1. The van der Waals surface area contributed by atoms with E-state index in [-0.39, 0.29) is 5.91 Å². The van der Waals surface area contributed by atoms with Gasteiger partial charge in [0.25, 0.3) is 0 Å². The Labute approximate surface area is 98.2 Å². The van der Waals surface area contributed by atoms with Crippen LogP contribution in [-0.2, 0) is 9.53 Å². The summed E-state index contributed by atoms with van der Waals surface area (Å²) in [7, 11) is 1.61. The summed E-state index contributed by atoms with van der Waals surface area (Å²) in [6.07, 6.45) is 1.85.